The number of carbonyl (C=O) groups is 1. The fourth-order valence-corrected chi connectivity index (χ4v) is 1.89. The Hall–Kier alpha value is -0.630. The maximum Gasteiger partial charge on any atom is 0.155 e. The Morgan fingerprint density at radius 3 is 2.67 bits per heavy atom. The van der Waals surface area contributed by atoms with Crippen molar-refractivity contribution in [2.75, 3.05) is 6.61 Å². The number of rotatable bonds is 2. The molecule has 1 rings (SSSR count). The lowest BCUT2D eigenvalue weighted by atomic mass is 9.90. The van der Waals surface area contributed by atoms with Crippen molar-refractivity contribution >= 4 is 5.78 Å². The zero-order valence-electron chi connectivity index (χ0n) is 7.92. The van der Waals surface area contributed by atoms with Gasteiger partial charge in [0.2, 0.25) is 0 Å². The summed E-state index contributed by atoms with van der Waals surface area (Å²) in [7, 11) is 0. The van der Waals surface area contributed by atoms with Gasteiger partial charge in [0.1, 0.15) is 0 Å². The third-order valence-corrected chi connectivity index (χ3v) is 2.39. The normalized spacial score (nSPS) is 27.0. The fraction of sp³-hybridized carbons (Fsp3) is 0.700. The lowest BCUT2D eigenvalue weighted by Crippen LogP contribution is -2.12. The van der Waals surface area contributed by atoms with Crippen LogP contribution in [0.4, 0.5) is 0 Å². The monoisotopic (exact) mass is 168 g/mol. The number of allylic oxidation sites excluding steroid dienone is 1. The summed E-state index contributed by atoms with van der Waals surface area (Å²) in [6, 6.07) is 0. The van der Waals surface area contributed by atoms with Crippen molar-refractivity contribution in [1.29, 1.82) is 0 Å². The predicted molar refractivity (Wildman–Crippen MR) is 47.7 cm³/mol. The second-order valence-electron chi connectivity index (χ2n) is 4.23. The number of carbonyl (C=O) groups excluding carboxylic acids is 1. The molecule has 12 heavy (non-hydrogen) atoms. The Balaban J connectivity index is 2.87. The van der Waals surface area contributed by atoms with Crippen molar-refractivity contribution < 1.29 is 9.90 Å². The smallest absolute Gasteiger partial charge is 0.155 e. The van der Waals surface area contributed by atoms with E-state index >= 15 is 0 Å². The summed E-state index contributed by atoms with van der Waals surface area (Å²) in [5, 5.41) is 9.02. The Labute approximate surface area is 73.3 Å². The van der Waals surface area contributed by atoms with Crippen LogP contribution in [0.3, 0.4) is 0 Å². The summed E-state index contributed by atoms with van der Waals surface area (Å²) in [5.74, 6) is 0.164. The molecule has 0 fully saturated rings. The molecule has 0 aliphatic heterocycles. The van der Waals surface area contributed by atoms with E-state index in [1.165, 1.54) is 0 Å². The van der Waals surface area contributed by atoms with Crippen molar-refractivity contribution in [2.45, 2.75) is 27.2 Å². The standard InChI is InChI=1S/C10H16O2/c1-7(12)9-5-10(2,3)4-8(9)6-11/h5,8,11H,4,6H2,1-3H3. The van der Waals surface area contributed by atoms with E-state index in [-0.39, 0.29) is 23.7 Å². The largest absolute Gasteiger partial charge is 0.396 e. The van der Waals surface area contributed by atoms with Crippen LogP contribution in [0.5, 0.6) is 0 Å². The van der Waals surface area contributed by atoms with E-state index in [0.29, 0.717) is 0 Å². The second kappa shape index (κ2) is 3.02. The molecule has 1 aliphatic carbocycles. The van der Waals surface area contributed by atoms with Gasteiger partial charge in [-0.15, -0.1) is 0 Å². The van der Waals surface area contributed by atoms with Crippen LogP contribution in [0.2, 0.25) is 0 Å². The van der Waals surface area contributed by atoms with Crippen molar-refractivity contribution in [3.63, 3.8) is 0 Å². The van der Waals surface area contributed by atoms with E-state index in [1.54, 1.807) is 6.92 Å². The Bertz CT molecular complexity index is 226. The minimum absolute atomic E-state index is 0.0671. The van der Waals surface area contributed by atoms with Gasteiger partial charge in [0.05, 0.1) is 6.61 Å². The van der Waals surface area contributed by atoms with Gasteiger partial charge in [-0.3, -0.25) is 4.79 Å². The Kier molecular flexibility index (Phi) is 2.38. The highest BCUT2D eigenvalue weighted by atomic mass is 16.3. The molecule has 0 saturated heterocycles. The number of ketones is 1. The molecule has 0 radical (unpaired) electrons. The number of Topliss-reactive ketones (excluding diaryl/α,β-unsaturated/α-hetero) is 1. The molecule has 0 spiro atoms. The molecular weight excluding hydrogens is 152 g/mol. The molecule has 1 aliphatic rings. The van der Waals surface area contributed by atoms with Crippen LogP contribution in [0.25, 0.3) is 0 Å². The van der Waals surface area contributed by atoms with Crippen LogP contribution < -0.4 is 0 Å². The van der Waals surface area contributed by atoms with Gasteiger partial charge in [-0.05, 0) is 24.3 Å². The molecule has 1 atom stereocenters. The van der Waals surface area contributed by atoms with E-state index < -0.39 is 0 Å². The summed E-state index contributed by atoms with van der Waals surface area (Å²) < 4.78 is 0. The van der Waals surface area contributed by atoms with Gasteiger partial charge in [0, 0.05) is 5.92 Å². The summed E-state index contributed by atoms with van der Waals surface area (Å²) in [6.45, 7) is 5.84. The molecular formula is C10H16O2. The Morgan fingerprint density at radius 2 is 2.33 bits per heavy atom. The first kappa shape index (κ1) is 9.46. The third kappa shape index (κ3) is 1.75. The van der Waals surface area contributed by atoms with Crippen molar-refractivity contribution in [2.24, 2.45) is 11.3 Å². The SMILES string of the molecule is CC(=O)C1=CC(C)(C)CC1CO. The van der Waals surface area contributed by atoms with Crippen LogP contribution in [0.15, 0.2) is 11.6 Å². The van der Waals surface area contributed by atoms with Gasteiger partial charge < -0.3 is 5.11 Å². The molecule has 0 heterocycles. The van der Waals surface area contributed by atoms with Gasteiger partial charge in [-0.2, -0.15) is 0 Å². The lowest BCUT2D eigenvalue weighted by Gasteiger charge is -2.15. The lowest BCUT2D eigenvalue weighted by molar-refractivity contribution is -0.114. The maximum atomic E-state index is 11.1. The highest BCUT2D eigenvalue weighted by Gasteiger charge is 2.32. The van der Waals surface area contributed by atoms with E-state index in [4.69, 9.17) is 5.11 Å². The van der Waals surface area contributed by atoms with E-state index in [1.807, 2.05) is 6.08 Å². The molecule has 1 unspecified atom stereocenters. The molecule has 0 amide bonds. The first-order chi connectivity index (χ1) is 5.46. The van der Waals surface area contributed by atoms with E-state index in [9.17, 15) is 4.79 Å². The molecule has 2 nitrogen and oxygen atoms in total. The average molecular weight is 168 g/mol. The minimum Gasteiger partial charge on any atom is -0.396 e. The number of aliphatic hydroxyl groups excluding tert-OH is 1. The second-order valence-corrected chi connectivity index (χ2v) is 4.23. The molecule has 0 aromatic rings. The molecule has 0 saturated carbocycles. The molecule has 1 N–H and O–H groups in total. The van der Waals surface area contributed by atoms with Crippen LogP contribution in [-0.2, 0) is 4.79 Å². The fourth-order valence-electron chi connectivity index (χ4n) is 1.89. The van der Waals surface area contributed by atoms with E-state index in [2.05, 4.69) is 13.8 Å². The number of hydrogen-bond acceptors (Lipinski definition) is 2. The summed E-state index contributed by atoms with van der Waals surface area (Å²) in [4.78, 5) is 11.1. The summed E-state index contributed by atoms with van der Waals surface area (Å²) in [6.07, 6.45) is 2.88. The van der Waals surface area contributed by atoms with Crippen molar-refractivity contribution in [3.8, 4) is 0 Å². The molecule has 0 bridgehead atoms. The number of hydrogen-bond donors (Lipinski definition) is 1. The van der Waals surface area contributed by atoms with Gasteiger partial charge in [0.15, 0.2) is 5.78 Å². The Morgan fingerprint density at radius 1 is 1.75 bits per heavy atom. The first-order valence-electron chi connectivity index (χ1n) is 4.31. The zero-order valence-corrected chi connectivity index (χ0v) is 7.92. The zero-order chi connectivity index (χ0) is 9.35. The van der Waals surface area contributed by atoms with Crippen LogP contribution in [-0.4, -0.2) is 17.5 Å². The molecule has 0 aromatic carbocycles. The van der Waals surface area contributed by atoms with Gasteiger partial charge >= 0.3 is 0 Å². The highest BCUT2D eigenvalue weighted by Crippen LogP contribution is 2.39. The minimum atomic E-state index is 0.0671. The summed E-state index contributed by atoms with van der Waals surface area (Å²) in [5.41, 5.74) is 0.886. The van der Waals surface area contributed by atoms with Crippen LogP contribution in [0, 0.1) is 11.3 Å². The van der Waals surface area contributed by atoms with Crippen molar-refractivity contribution in [1.82, 2.24) is 0 Å². The van der Waals surface area contributed by atoms with Gasteiger partial charge in [-0.25, -0.2) is 0 Å². The quantitative estimate of drug-likeness (QED) is 0.679. The molecule has 0 aromatic heterocycles. The van der Waals surface area contributed by atoms with Crippen LogP contribution >= 0.6 is 0 Å². The van der Waals surface area contributed by atoms with Crippen LogP contribution in [0.1, 0.15) is 27.2 Å². The molecule has 2 heteroatoms. The topological polar surface area (TPSA) is 37.3 Å². The highest BCUT2D eigenvalue weighted by molar-refractivity contribution is 5.94. The predicted octanol–water partition coefficient (Wildman–Crippen LogP) is 1.54. The maximum absolute atomic E-state index is 11.1. The first-order valence-corrected chi connectivity index (χ1v) is 4.31. The number of aliphatic hydroxyl groups is 1. The van der Waals surface area contributed by atoms with E-state index in [0.717, 1.165) is 12.0 Å². The molecule has 68 valence electrons. The average Bonchev–Trinajstić information content (AvgIpc) is 2.25. The third-order valence-electron chi connectivity index (χ3n) is 2.39. The van der Waals surface area contributed by atoms with Gasteiger partial charge in [-0.1, -0.05) is 19.9 Å². The summed E-state index contributed by atoms with van der Waals surface area (Å²) >= 11 is 0. The van der Waals surface area contributed by atoms with Crippen molar-refractivity contribution in [3.05, 3.63) is 11.6 Å². The van der Waals surface area contributed by atoms with Gasteiger partial charge in [0.25, 0.3) is 0 Å².